The van der Waals surface area contributed by atoms with Gasteiger partial charge in [0.25, 0.3) is 0 Å². The van der Waals surface area contributed by atoms with Gasteiger partial charge in [0.2, 0.25) is 0 Å². The smallest absolute Gasteiger partial charge is 0.123 e. The lowest BCUT2D eigenvalue weighted by Gasteiger charge is -2.04. The molecule has 0 saturated carbocycles. The Morgan fingerprint density at radius 2 is 1.89 bits per heavy atom. The van der Waals surface area contributed by atoms with E-state index in [-0.39, 0.29) is 18.2 Å². The first-order chi connectivity index (χ1) is 8.25. The molecule has 4 heteroatoms. The van der Waals surface area contributed by atoms with Gasteiger partial charge in [0.15, 0.2) is 0 Å². The van der Waals surface area contributed by atoms with Crippen molar-refractivity contribution in [3.8, 4) is 0 Å². The third-order valence-electron chi connectivity index (χ3n) is 2.76. The van der Waals surface area contributed by atoms with Crippen LogP contribution >= 0.6 is 23.7 Å². The molecule has 0 aliphatic rings. The third kappa shape index (κ3) is 4.41. The SMILES string of the molecule is Cc1ccsc1CNCCc1ccc(F)cc1.Cl. The van der Waals surface area contributed by atoms with Gasteiger partial charge in [-0.05, 0) is 54.6 Å². The summed E-state index contributed by atoms with van der Waals surface area (Å²) in [7, 11) is 0. The molecule has 1 aromatic carbocycles. The first kappa shape index (κ1) is 15.2. The second kappa shape index (κ2) is 7.52. The van der Waals surface area contributed by atoms with Crippen molar-refractivity contribution in [1.82, 2.24) is 5.32 Å². The summed E-state index contributed by atoms with van der Waals surface area (Å²) in [6, 6.07) is 8.85. The minimum atomic E-state index is -0.170. The van der Waals surface area contributed by atoms with E-state index >= 15 is 0 Å². The highest BCUT2D eigenvalue weighted by atomic mass is 35.5. The Balaban J connectivity index is 0.00000162. The van der Waals surface area contributed by atoms with E-state index in [4.69, 9.17) is 0 Å². The summed E-state index contributed by atoms with van der Waals surface area (Å²) >= 11 is 1.79. The van der Waals surface area contributed by atoms with Crippen LogP contribution in [0.4, 0.5) is 4.39 Å². The maximum absolute atomic E-state index is 12.7. The average molecular weight is 286 g/mol. The van der Waals surface area contributed by atoms with Gasteiger partial charge in [0.05, 0.1) is 0 Å². The van der Waals surface area contributed by atoms with Crippen LogP contribution in [0.1, 0.15) is 16.0 Å². The standard InChI is InChI=1S/C14H16FNS.ClH/c1-11-7-9-17-14(11)10-16-8-6-12-2-4-13(15)5-3-12;/h2-5,7,9,16H,6,8,10H2,1H3;1H. The van der Waals surface area contributed by atoms with E-state index < -0.39 is 0 Å². The third-order valence-corrected chi connectivity index (χ3v) is 3.78. The molecule has 2 aromatic rings. The molecule has 0 aliphatic carbocycles. The molecule has 98 valence electrons. The van der Waals surface area contributed by atoms with E-state index in [0.717, 1.165) is 19.5 Å². The molecule has 0 amide bonds. The first-order valence-corrected chi connectivity index (χ1v) is 6.62. The molecule has 1 nitrogen and oxygen atoms in total. The Labute approximate surface area is 117 Å². The van der Waals surface area contributed by atoms with Crippen LogP contribution in [0, 0.1) is 12.7 Å². The Kier molecular flexibility index (Phi) is 6.33. The number of aryl methyl sites for hydroxylation is 1. The van der Waals surface area contributed by atoms with Gasteiger partial charge in [-0.25, -0.2) is 4.39 Å². The largest absolute Gasteiger partial charge is 0.312 e. The Morgan fingerprint density at radius 1 is 1.17 bits per heavy atom. The zero-order chi connectivity index (χ0) is 12.1. The summed E-state index contributed by atoms with van der Waals surface area (Å²) in [6.45, 7) is 3.97. The van der Waals surface area contributed by atoms with Crippen LogP contribution in [-0.2, 0) is 13.0 Å². The van der Waals surface area contributed by atoms with Gasteiger partial charge in [-0.3, -0.25) is 0 Å². The van der Waals surface area contributed by atoms with Crippen LogP contribution in [0.25, 0.3) is 0 Å². The van der Waals surface area contributed by atoms with Crippen LogP contribution in [-0.4, -0.2) is 6.54 Å². The van der Waals surface area contributed by atoms with E-state index in [2.05, 4.69) is 23.7 Å². The molecule has 0 atom stereocenters. The maximum Gasteiger partial charge on any atom is 0.123 e. The highest BCUT2D eigenvalue weighted by Crippen LogP contribution is 2.14. The van der Waals surface area contributed by atoms with Crippen molar-refractivity contribution in [2.24, 2.45) is 0 Å². The molecule has 1 N–H and O–H groups in total. The van der Waals surface area contributed by atoms with Gasteiger partial charge in [-0.2, -0.15) is 0 Å². The van der Waals surface area contributed by atoms with Crippen molar-refractivity contribution < 1.29 is 4.39 Å². The molecule has 0 unspecified atom stereocenters. The van der Waals surface area contributed by atoms with Gasteiger partial charge >= 0.3 is 0 Å². The Hall–Kier alpha value is -0.900. The molecule has 18 heavy (non-hydrogen) atoms. The van der Waals surface area contributed by atoms with Gasteiger partial charge in [-0.15, -0.1) is 23.7 Å². The highest BCUT2D eigenvalue weighted by Gasteiger charge is 1.99. The van der Waals surface area contributed by atoms with E-state index in [1.54, 1.807) is 11.3 Å². The minimum absolute atomic E-state index is 0. The second-order valence-electron chi connectivity index (χ2n) is 4.08. The monoisotopic (exact) mass is 285 g/mol. The van der Waals surface area contributed by atoms with Crippen molar-refractivity contribution in [1.29, 1.82) is 0 Å². The van der Waals surface area contributed by atoms with Crippen LogP contribution in [0.2, 0.25) is 0 Å². The normalized spacial score (nSPS) is 10.1. The van der Waals surface area contributed by atoms with E-state index in [9.17, 15) is 4.39 Å². The van der Waals surface area contributed by atoms with Crippen LogP contribution in [0.3, 0.4) is 0 Å². The number of hydrogen-bond donors (Lipinski definition) is 1. The predicted octanol–water partition coefficient (Wildman–Crippen LogP) is 3.95. The number of halogens is 2. The summed E-state index contributed by atoms with van der Waals surface area (Å²) in [5.74, 6) is -0.170. The lowest BCUT2D eigenvalue weighted by molar-refractivity contribution is 0.626. The summed E-state index contributed by atoms with van der Waals surface area (Å²) in [5.41, 5.74) is 2.52. The lowest BCUT2D eigenvalue weighted by Crippen LogP contribution is -2.16. The maximum atomic E-state index is 12.7. The summed E-state index contributed by atoms with van der Waals surface area (Å²) in [6.07, 6.45) is 0.935. The fourth-order valence-corrected chi connectivity index (χ4v) is 2.55. The van der Waals surface area contributed by atoms with Crippen molar-refractivity contribution in [2.45, 2.75) is 19.9 Å². The van der Waals surface area contributed by atoms with Crippen molar-refractivity contribution in [3.63, 3.8) is 0 Å². The average Bonchev–Trinajstić information content (AvgIpc) is 2.73. The zero-order valence-electron chi connectivity index (χ0n) is 10.3. The first-order valence-electron chi connectivity index (χ1n) is 5.74. The number of thiophene rings is 1. The van der Waals surface area contributed by atoms with Gasteiger partial charge in [0, 0.05) is 11.4 Å². The lowest BCUT2D eigenvalue weighted by atomic mass is 10.1. The summed E-state index contributed by atoms with van der Waals surface area (Å²) in [5, 5.41) is 5.53. The highest BCUT2D eigenvalue weighted by molar-refractivity contribution is 7.10. The minimum Gasteiger partial charge on any atom is -0.312 e. The number of nitrogens with one attached hydrogen (secondary N) is 1. The van der Waals surface area contributed by atoms with E-state index in [0.29, 0.717) is 0 Å². The molecule has 1 heterocycles. The molecule has 0 saturated heterocycles. The summed E-state index contributed by atoms with van der Waals surface area (Å²) in [4.78, 5) is 1.39. The fourth-order valence-electron chi connectivity index (χ4n) is 1.67. The van der Waals surface area contributed by atoms with Crippen LogP contribution in [0.15, 0.2) is 35.7 Å². The molecule has 0 spiro atoms. The Bertz CT molecular complexity index is 467. The number of hydrogen-bond acceptors (Lipinski definition) is 2. The molecule has 0 fully saturated rings. The Morgan fingerprint density at radius 3 is 2.50 bits per heavy atom. The van der Waals surface area contributed by atoms with Gasteiger partial charge < -0.3 is 5.32 Å². The second-order valence-corrected chi connectivity index (χ2v) is 5.08. The van der Waals surface area contributed by atoms with Crippen molar-refractivity contribution >= 4 is 23.7 Å². The van der Waals surface area contributed by atoms with Crippen molar-refractivity contribution in [3.05, 3.63) is 57.5 Å². The molecular formula is C14H17ClFNS. The molecule has 2 rings (SSSR count). The van der Waals surface area contributed by atoms with E-state index in [1.807, 2.05) is 12.1 Å². The number of benzene rings is 1. The molecule has 0 radical (unpaired) electrons. The van der Waals surface area contributed by atoms with E-state index in [1.165, 1.54) is 28.1 Å². The topological polar surface area (TPSA) is 12.0 Å². The van der Waals surface area contributed by atoms with Crippen molar-refractivity contribution in [2.75, 3.05) is 6.54 Å². The zero-order valence-corrected chi connectivity index (χ0v) is 11.9. The van der Waals surface area contributed by atoms with Gasteiger partial charge in [0.1, 0.15) is 5.82 Å². The van der Waals surface area contributed by atoms with Gasteiger partial charge in [-0.1, -0.05) is 12.1 Å². The quantitative estimate of drug-likeness (QED) is 0.820. The summed E-state index contributed by atoms with van der Waals surface area (Å²) < 4.78 is 12.7. The molecule has 1 aromatic heterocycles. The predicted molar refractivity (Wildman–Crippen MR) is 78.1 cm³/mol. The molecular weight excluding hydrogens is 269 g/mol. The molecule has 0 bridgehead atoms. The number of rotatable bonds is 5. The van der Waals surface area contributed by atoms with Crippen LogP contribution in [0.5, 0.6) is 0 Å². The molecule has 0 aliphatic heterocycles. The van der Waals surface area contributed by atoms with Crippen LogP contribution < -0.4 is 5.32 Å². The fraction of sp³-hybridized carbons (Fsp3) is 0.286.